The Morgan fingerprint density at radius 1 is 1.24 bits per heavy atom. The number of hydrogen-bond acceptors (Lipinski definition) is 8. The van der Waals surface area contributed by atoms with Gasteiger partial charge in [-0.2, -0.15) is 0 Å². The molecule has 0 aromatic rings. The van der Waals surface area contributed by atoms with E-state index >= 15 is 0 Å². The number of esters is 4. The summed E-state index contributed by atoms with van der Waals surface area (Å²) in [6, 6.07) is 0. The van der Waals surface area contributed by atoms with E-state index in [1.165, 1.54) is 13.8 Å². The number of carbonyl (C=O) groups is 4. The minimum atomic E-state index is -1.16. The van der Waals surface area contributed by atoms with E-state index in [1.807, 2.05) is 0 Å². The molecule has 1 heterocycles. The van der Waals surface area contributed by atoms with Crippen LogP contribution in [-0.2, 0) is 38.1 Å². The monoisotopic (exact) mass is 410 g/mol. The zero-order valence-corrected chi connectivity index (χ0v) is 17.5. The van der Waals surface area contributed by atoms with Crippen molar-refractivity contribution < 1.29 is 38.1 Å². The van der Waals surface area contributed by atoms with E-state index in [4.69, 9.17) is 18.9 Å². The molecule has 1 aliphatic carbocycles. The Bertz CT molecular complexity index is 684. The van der Waals surface area contributed by atoms with Crippen LogP contribution in [0.25, 0.3) is 0 Å². The fourth-order valence-corrected chi connectivity index (χ4v) is 3.83. The molecule has 162 valence electrons. The van der Waals surface area contributed by atoms with Crippen molar-refractivity contribution in [3.8, 4) is 0 Å². The standard InChI is InChI=1S/C21H30O8/c1-6-16(28-18(23)12(2)3)20(25)26-13(4)19(24)29-21(5)10-14-7-8-17(22)27-15(9-14)11-21/h13-16H,2,6-11H2,1,3-5H3. The molecule has 1 aliphatic heterocycles. The summed E-state index contributed by atoms with van der Waals surface area (Å²) in [7, 11) is 0. The summed E-state index contributed by atoms with van der Waals surface area (Å²) in [5.41, 5.74) is -0.636. The van der Waals surface area contributed by atoms with Crippen LogP contribution in [0.15, 0.2) is 12.2 Å². The van der Waals surface area contributed by atoms with Gasteiger partial charge in [-0.25, -0.2) is 14.4 Å². The molecule has 0 aromatic carbocycles. The second-order valence-corrected chi connectivity index (χ2v) is 8.19. The van der Waals surface area contributed by atoms with E-state index in [9.17, 15) is 19.2 Å². The van der Waals surface area contributed by atoms with Gasteiger partial charge in [0.2, 0.25) is 0 Å². The molecule has 0 amide bonds. The molecule has 0 radical (unpaired) electrons. The number of hydrogen-bond donors (Lipinski definition) is 0. The van der Waals surface area contributed by atoms with E-state index in [0.717, 1.165) is 6.42 Å². The molecular formula is C21H30O8. The lowest BCUT2D eigenvalue weighted by Gasteiger charge is -2.40. The first-order chi connectivity index (χ1) is 13.5. The Hall–Kier alpha value is -2.38. The van der Waals surface area contributed by atoms with Gasteiger partial charge < -0.3 is 18.9 Å². The highest BCUT2D eigenvalue weighted by molar-refractivity contribution is 5.90. The van der Waals surface area contributed by atoms with Gasteiger partial charge in [0.15, 0.2) is 12.2 Å². The molecule has 2 aliphatic rings. The van der Waals surface area contributed by atoms with Gasteiger partial charge in [0, 0.05) is 18.4 Å². The van der Waals surface area contributed by atoms with Crippen molar-refractivity contribution in [2.75, 3.05) is 0 Å². The minimum Gasteiger partial charge on any atom is -0.462 e. The fourth-order valence-electron chi connectivity index (χ4n) is 3.83. The lowest BCUT2D eigenvalue weighted by atomic mass is 9.76. The summed E-state index contributed by atoms with van der Waals surface area (Å²) in [6.45, 7) is 9.81. The molecule has 8 heteroatoms. The van der Waals surface area contributed by atoms with Crippen molar-refractivity contribution in [3.05, 3.63) is 12.2 Å². The zero-order chi connectivity index (χ0) is 21.8. The van der Waals surface area contributed by atoms with Gasteiger partial charge in [-0.1, -0.05) is 13.5 Å². The Labute approximate surface area is 170 Å². The van der Waals surface area contributed by atoms with E-state index in [0.29, 0.717) is 25.7 Å². The van der Waals surface area contributed by atoms with Gasteiger partial charge in [0.05, 0.1) is 0 Å². The van der Waals surface area contributed by atoms with Crippen LogP contribution in [0.4, 0.5) is 0 Å². The normalized spacial score (nSPS) is 28.2. The van der Waals surface area contributed by atoms with Gasteiger partial charge in [0.1, 0.15) is 11.7 Å². The van der Waals surface area contributed by atoms with Gasteiger partial charge in [0.25, 0.3) is 0 Å². The van der Waals surface area contributed by atoms with Crippen molar-refractivity contribution >= 4 is 23.9 Å². The fraction of sp³-hybridized carbons (Fsp3) is 0.714. The summed E-state index contributed by atoms with van der Waals surface area (Å²) in [5, 5.41) is 0. The van der Waals surface area contributed by atoms with Crippen LogP contribution in [0.3, 0.4) is 0 Å². The molecule has 1 saturated carbocycles. The average molecular weight is 410 g/mol. The maximum atomic E-state index is 12.5. The SMILES string of the molecule is C=C(C)C(=O)OC(CC)C(=O)OC(C)C(=O)OC1(C)CC2CCC(=O)OC(C2)C1. The second-order valence-electron chi connectivity index (χ2n) is 8.19. The molecule has 2 fully saturated rings. The molecule has 29 heavy (non-hydrogen) atoms. The summed E-state index contributed by atoms with van der Waals surface area (Å²) in [6.07, 6.45) is 0.535. The second kappa shape index (κ2) is 9.41. The third kappa shape index (κ3) is 6.30. The third-order valence-corrected chi connectivity index (χ3v) is 5.23. The summed E-state index contributed by atoms with van der Waals surface area (Å²) >= 11 is 0. The van der Waals surface area contributed by atoms with E-state index in [-0.39, 0.29) is 30.0 Å². The summed E-state index contributed by atoms with van der Waals surface area (Å²) in [5.74, 6) is -2.18. The van der Waals surface area contributed by atoms with Crippen molar-refractivity contribution in [1.29, 1.82) is 0 Å². The van der Waals surface area contributed by atoms with Gasteiger partial charge >= 0.3 is 23.9 Å². The van der Waals surface area contributed by atoms with Crippen LogP contribution in [0.1, 0.15) is 66.2 Å². The van der Waals surface area contributed by atoms with E-state index in [2.05, 4.69) is 6.58 Å². The zero-order valence-electron chi connectivity index (χ0n) is 17.5. The van der Waals surface area contributed by atoms with E-state index in [1.54, 1.807) is 13.8 Å². The molecular weight excluding hydrogens is 380 g/mol. The topological polar surface area (TPSA) is 105 Å². The first kappa shape index (κ1) is 22.9. The lowest BCUT2D eigenvalue weighted by Crippen LogP contribution is -2.45. The highest BCUT2D eigenvalue weighted by Crippen LogP contribution is 2.40. The first-order valence-corrected chi connectivity index (χ1v) is 10.0. The number of ether oxygens (including phenoxy) is 4. The quantitative estimate of drug-likeness (QED) is 0.358. The Kier molecular flexibility index (Phi) is 7.43. The highest BCUT2D eigenvalue weighted by atomic mass is 16.6. The van der Waals surface area contributed by atoms with Crippen LogP contribution in [0, 0.1) is 5.92 Å². The Morgan fingerprint density at radius 3 is 2.55 bits per heavy atom. The summed E-state index contributed by atoms with van der Waals surface area (Å²) in [4.78, 5) is 48.1. The van der Waals surface area contributed by atoms with Crippen molar-refractivity contribution in [2.24, 2.45) is 5.92 Å². The molecule has 5 atom stereocenters. The first-order valence-electron chi connectivity index (χ1n) is 10.0. The van der Waals surface area contributed by atoms with Gasteiger partial charge in [-0.15, -0.1) is 0 Å². The third-order valence-electron chi connectivity index (χ3n) is 5.23. The smallest absolute Gasteiger partial charge is 0.348 e. The number of rotatable bonds is 7. The van der Waals surface area contributed by atoms with Crippen molar-refractivity contribution in [1.82, 2.24) is 0 Å². The van der Waals surface area contributed by atoms with Gasteiger partial charge in [-0.05, 0) is 52.4 Å². The van der Waals surface area contributed by atoms with Crippen LogP contribution in [-0.4, -0.2) is 47.8 Å². The predicted octanol–water partition coefficient (Wildman–Crippen LogP) is 2.62. The molecule has 8 nitrogen and oxygen atoms in total. The average Bonchev–Trinajstić information content (AvgIpc) is 2.75. The number of carbonyl (C=O) groups excluding carboxylic acids is 4. The van der Waals surface area contributed by atoms with Crippen LogP contribution >= 0.6 is 0 Å². The van der Waals surface area contributed by atoms with Crippen LogP contribution in [0.2, 0.25) is 0 Å². The maximum absolute atomic E-state index is 12.5. The van der Waals surface area contributed by atoms with Gasteiger partial charge in [-0.3, -0.25) is 4.79 Å². The molecule has 2 bridgehead atoms. The van der Waals surface area contributed by atoms with E-state index < -0.39 is 35.7 Å². The van der Waals surface area contributed by atoms with Crippen LogP contribution < -0.4 is 0 Å². The maximum Gasteiger partial charge on any atom is 0.348 e. The van der Waals surface area contributed by atoms with Crippen LogP contribution in [0.5, 0.6) is 0 Å². The Morgan fingerprint density at radius 2 is 1.93 bits per heavy atom. The lowest BCUT2D eigenvalue weighted by molar-refractivity contribution is -0.188. The number of fused-ring (bicyclic) bond motifs is 2. The molecule has 0 spiro atoms. The molecule has 1 saturated heterocycles. The molecule has 0 aromatic heterocycles. The molecule has 0 N–H and O–H groups in total. The molecule has 5 unspecified atom stereocenters. The molecule has 2 rings (SSSR count). The largest absolute Gasteiger partial charge is 0.462 e. The minimum absolute atomic E-state index is 0.163. The summed E-state index contributed by atoms with van der Waals surface area (Å²) < 4.78 is 21.3. The predicted molar refractivity (Wildman–Crippen MR) is 101 cm³/mol. The highest BCUT2D eigenvalue weighted by Gasteiger charge is 2.44. The van der Waals surface area contributed by atoms with Crippen molar-refractivity contribution in [2.45, 2.75) is 90.1 Å². The van der Waals surface area contributed by atoms with Crippen molar-refractivity contribution in [3.63, 3.8) is 0 Å². The Balaban J connectivity index is 1.94.